The van der Waals surface area contributed by atoms with E-state index in [1.807, 2.05) is 0 Å². The van der Waals surface area contributed by atoms with Crippen molar-refractivity contribution in [3.8, 4) is 0 Å². The Morgan fingerprint density at radius 1 is 1.14 bits per heavy atom. The van der Waals surface area contributed by atoms with E-state index in [4.69, 9.17) is 9.15 Å². The van der Waals surface area contributed by atoms with Gasteiger partial charge in [0.25, 0.3) is 0 Å². The van der Waals surface area contributed by atoms with Crippen LogP contribution in [0.1, 0.15) is 39.0 Å². The summed E-state index contributed by atoms with van der Waals surface area (Å²) in [5.41, 5.74) is 0. The highest BCUT2D eigenvalue weighted by Gasteiger charge is 2.29. The van der Waals surface area contributed by atoms with Crippen LogP contribution in [0.2, 0.25) is 0 Å². The molecule has 3 heterocycles. The molecule has 1 aromatic heterocycles. The number of rotatable bonds is 5. The second-order valence-electron chi connectivity index (χ2n) is 6.44. The normalized spacial score (nSPS) is 22.9. The van der Waals surface area contributed by atoms with E-state index >= 15 is 0 Å². The molecule has 0 unspecified atom stereocenters. The van der Waals surface area contributed by atoms with Crippen molar-refractivity contribution < 1.29 is 9.15 Å². The maximum atomic E-state index is 5.75. The van der Waals surface area contributed by atoms with Crippen molar-refractivity contribution in [2.45, 2.75) is 45.6 Å². The highest BCUT2D eigenvalue weighted by atomic mass is 16.5. The van der Waals surface area contributed by atoms with Gasteiger partial charge in [-0.2, -0.15) is 0 Å². The Hall–Kier alpha value is -1.14. The summed E-state index contributed by atoms with van der Waals surface area (Å²) in [4.78, 5) is 4.82. The molecule has 0 amide bonds. The molecule has 2 saturated heterocycles. The number of aryl methyl sites for hydroxylation is 1. The van der Waals surface area contributed by atoms with Crippen LogP contribution in [0, 0.1) is 5.92 Å². The van der Waals surface area contributed by atoms with E-state index < -0.39 is 0 Å². The number of nitrogens with zero attached hydrogens (tertiary/aromatic N) is 4. The molecule has 2 aliphatic rings. The van der Waals surface area contributed by atoms with E-state index in [-0.39, 0.29) is 0 Å². The largest absolute Gasteiger partial charge is 0.408 e. The summed E-state index contributed by atoms with van der Waals surface area (Å²) in [7, 11) is 0. The van der Waals surface area contributed by atoms with Crippen molar-refractivity contribution in [2.75, 3.05) is 44.3 Å². The monoisotopic (exact) mass is 308 g/mol. The van der Waals surface area contributed by atoms with Gasteiger partial charge in [-0.1, -0.05) is 12.0 Å². The molecule has 2 fully saturated rings. The van der Waals surface area contributed by atoms with Crippen molar-refractivity contribution in [1.29, 1.82) is 0 Å². The van der Waals surface area contributed by atoms with E-state index in [0.29, 0.717) is 12.1 Å². The lowest BCUT2D eigenvalue weighted by Gasteiger charge is -2.40. The first kappa shape index (κ1) is 15.7. The lowest BCUT2D eigenvalue weighted by atomic mass is 9.89. The minimum Gasteiger partial charge on any atom is -0.408 e. The first-order chi connectivity index (χ1) is 10.8. The molecule has 124 valence electrons. The molecule has 1 atom stereocenters. The fraction of sp³-hybridized carbons (Fsp3) is 0.875. The summed E-state index contributed by atoms with van der Waals surface area (Å²) in [5.74, 6) is 1.52. The molecule has 3 rings (SSSR count). The number of aromatic nitrogens is 2. The summed E-state index contributed by atoms with van der Waals surface area (Å²) in [5, 5.41) is 8.33. The van der Waals surface area contributed by atoms with Crippen molar-refractivity contribution in [3.05, 3.63) is 5.89 Å². The molecule has 22 heavy (non-hydrogen) atoms. The van der Waals surface area contributed by atoms with Crippen LogP contribution in [0.3, 0.4) is 0 Å². The summed E-state index contributed by atoms with van der Waals surface area (Å²) < 4.78 is 11.2. The van der Waals surface area contributed by atoms with Crippen LogP contribution in [0.5, 0.6) is 0 Å². The van der Waals surface area contributed by atoms with Crippen molar-refractivity contribution in [2.24, 2.45) is 5.92 Å². The van der Waals surface area contributed by atoms with E-state index in [0.717, 1.165) is 64.0 Å². The minimum atomic E-state index is 0.643. The van der Waals surface area contributed by atoms with Crippen molar-refractivity contribution in [3.63, 3.8) is 0 Å². The summed E-state index contributed by atoms with van der Waals surface area (Å²) >= 11 is 0. The van der Waals surface area contributed by atoms with E-state index in [9.17, 15) is 0 Å². The van der Waals surface area contributed by atoms with Crippen LogP contribution in [-0.2, 0) is 11.2 Å². The Bertz CT molecular complexity index is 451. The molecule has 6 heteroatoms. The Morgan fingerprint density at radius 2 is 1.86 bits per heavy atom. The summed E-state index contributed by atoms with van der Waals surface area (Å²) in [6, 6.07) is 1.35. The average Bonchev–Trinajstić information content (AvgIpc) is 3.04. The van der Waals surface area contributed by atoms with Crippen LogP contribution in [0.15, 0.2) is 4.42 Å². The molecule has 0 saturated carbocycles. The predicted molar refractivity (Wildman–Crippen MR) is 85.1 cm³/mol. The van der Waals surface area contributed by atoms with Gasteiger partial charge in [0.05, 0.1) is 13.2 Å². The predicted octanol–water partition coefficient (Wildman–Crippen LogP) is 1.96. The molecule has 0 aromatic carbocycles. The third kappa shape index (κ3) is 3.60. The van der Waals surface area contributed by atoms with Gasteiger partial charge in [-0.3, -0.25) is 4.90 Å². The van der Waals surface area contributed by atoms with Gasteiger partial charge in [0, 0.05) is 38.6 Å². The number of morpholine rings is 1. The quantitative estimate of drug-likeness (QED) is 0.829. The van der Waals surface area contributed by atoms with Crippen molar-refractivity contribution in [1.82, 2.24) is 15.1 Å². The second-order valence-corrected chi connectivity index (χ2v) is 6.44. The zero-order chi connectivity index (χ0) is 15.4. The third-order valence-corrected chi connectivity index (χ3v) is 5.03. The molecule has 0 N–H and O–H groups in total. The molecule has 0 radical (unpaired) electrons. The van der Waals surface area contributed by atoms with E-state index in [1.165, 1.54) is 12.8 Å². The van der Waals surface area contributed by atoms with Crippen LogP contribution in [0.4, 0.5) is 6.01 Å². The molecule has 1 aromatic rings. The lowest BCUT2D eigenvalue weighted by Crippen LogP contribution is -2.48. The number of hydrogen-bond donors (Lipinski definition) is 0. The third-order valence-electron chi connectivity index (χ3n) is 5.03. The minimum absolute atomic E-state index is 0.643. The Kier molecular flexibility index (Phi) is 5.31. The van der Waals surface area contributed by atoms with E-state index in [2.05, 4.69) is 33.8 Å². The number of hydrogen-bond acceptors (Lipinski definition) is 6. The van der Waals surface area contributed by atoms with Crippen LogP contribution < -0.4 is 4.90 Å². The molecular formula is C16H28N4O2. The second kappa shape index (κ2) is 7.42. The van der Waals surface area contributed by atoms with Crippen LogP contribution >= 0.6 is 0 Å². The fourth-order valence-electron chi connectivity index (χ4n) is 3.54. The molecule has 0 bridgehead atoms. The zero-order valence-electron chi connectivity index (χ0n) is 13.8. The van der Waals surface area contributed by atoms with Crippen molar-refractivity contribution >= 4 is 6.01 Å². The number of piperidine rings is 1. The highest BCUT2D eigenvalue weighted by molar-refractivity contribution is 5.25. The maximum Gasteiger partial charge on any atom is 0.318 e. The first-order valence-electron chi connectivity index (χ1n) is 8.67. The number of ether oxygens (including phenoxy) is 1. The van der Waals surface area contributed by atoms with Gasteiger partial charge in [0.1, 0.15) is 0 Å². The molecule has 0 aliphatic carbocycles. The summed E-state index contributed by atoms with van der Waals surface area (Å²) in [6.45, 7) is 10.5. The standard InChI is InChI=1S/C16H28N4O2/c1-3-4-15-17-18-16(22-15)20-7-5-14(6-8-20)13(2)19-9-11-21-12-10-19/h13-14H,3-12H2,1-2H3/t13-/m0/s1. The van der Waals surface area contributed by atoms with Gasteiger partial charge in [-0.05, 0) is 32.1 Å². The first-order valence-corrected chi connectivity index (χ1v) is 8.67. The molecular weight excluding hydrogens is 280 g/mol. The average molecular weight is 308 g/mol. The Balaban J connectivity index is 1.50. The number of anilines is 1. The van der Waals surface area contributed by atoms with E-state index in [1.54, 1.807) is 0 Å². The molecule has 2 aliphatic heterocycles. The fourth-order valence-corrected chi connectivity index (χ4v) is 3.54. The lowest BCUT2D eigenvalue weighted by molar-refractivity contribution is 0.00440. The summed E-state index contributed by atoms with van der Waals surface area (Å²) in [6.07, 6.45) is 4.31. The molecule has 6 nitrogen and oxygen atoms in total. The van der Waals surface area contributed by atoms with Gasteiger partial charge >= 0.3 is 6.01 Å². The maximum absolute atomic E-state index is 5.75. The van der Waals surface area contributed by atoms with Gasteiger partial charge in [-0.25, -0.2) is 0 Å². The Labute approximate surface area is 132 Å². The highest BCUT2D eigenvalue weighted by Crippen LogP contribution is 2.27. The smallest absolute Gasteiger partial charge is 0.318 e. The van der Waals surface area contributed by atoms with Gasteiger partial charge in [0.15, 0.2) is 0 Å². The zero-order valence-corrected chi connectivity index (χ0v) is 13.8. The van der Waals surface area contributed by atoms with Crippen LogP contribution in [0.25, 0.3) is 0 Å². The Morgan fingerprint density at radius 3 is 2.55 bits per heavy atom. The molecule has 0 spiro atoms. The topological polar surface area (TPSA) is 54.6 Å². The van der Waals surface area contributed by atoms with Gasteiger partial charge < -0.3 is 14.1 Å². The SMILES string of the molecule is CCCc1nnc(N2CCC([C@H](C)N3CCOCC3)CC2)o1. The van der Waals surface area contributed by atoms with Gasteiger partial charge in [0.2, 0.25) is 5.89 Å². The van der Waals surface area contributed by atoms with Gasteiger partial charge in [-0.15, -0.1) is 5.10 Å². The van der Waals surface area contributed by atoms with Crippen LogP contribution in [-0.4, -0.2) is 60.5 Å².